The number of non-ortho nitro benzene ring substituents is 1. The Labute approximate surface area is 134 Å². The maximum Gasteiger partial charge on any atom is 0.270 e. The molecule has 1 N–H and O–H groups in total. The van der Waals surface area contributed by atoms with E-state index in [9.17, 15) is 14.9 Å². The number of nitrogens with one attached hydrogen (secondary N) is 1. The third-order valence-electron chi connectivity index (χ3n) is 4.41. The lowest BCUT2D eigenvalue weighted by atomic mass is 9.88. The van der Waals surface area contributed by atoms with Crippen LogP contribution in [-0.4, -0.2) is 17.6 Å². The number of fused-ring (bicyclic) bond motifs is 1. The number of carbonyl (C=O) groups excluding carboxylic acids is 1. The summed E-state index contributed by atoms with van der Waals surface area (Å²) in [5, 5.41) is 14.0. The van der Waals surface area contributed by atoms with Crippen molar-refractivity contribution >= 4 is 11.6 Å². The largest absolute Gasteiger partial charge is 0.467 e. The summed E-state index contributed by atoms with van der Waals surface area (Å²) in [6.07, 6.45) is 5.21. The van der Waals surface area contributed by atoms with E-state index in [2.05, 4.69) is 5.32 Å². The molecule has 0 bridgehead atoms. The molecule has 1 aromatic carbocycles. The molecular weight excluding hydrogens is 300 g/mol. The van der Waals surface area contributed by atoms with E-state index in [1.54, 1.807) is 0 Å². The number of benzene rings is 1. The van der Waals surface area contributed by atoms with Gasteiger partial charge in [0, 0.05) is 35.7 Å². The summed E-state index contributed by atoms with van der Waals surface area (Å²) in [7, 11) is 0. The van der Waals surface area contributed by atoms with Crippen molar-refractivity contribution in [1.29, 1.82) is 0 Å². The minimum absolute atomic E-state index is 0.0141. The van der Waals surface area contributed by atoms with Crippen molar-refractivity contribution in [2.75, 3.05) is 6.79 Å². The van der Waals surface area contributed by atoms with Crippen LogP contribution in [-0.2, 0) is 22.7 Å². The van der Waals surface area contributed by atoms with Gasteiger partial charge in [0.25, 0.3) is 5.69 Å². The van der Waals surface area contributed by atoms with Crippen LogP contribution in [0.3, 0.4) is 0 Å². The number of ether oxygens (including phenoxy) is 2. The third-order valence-corrected chi connectivity index (χ3v) is 4.41. The Morgan fingerprint density at radius 2 is 2.09 bits per heavy atom. The van der Waals surface area contributed by atoms with Crippen LogP contribution in [0.5, 0.6) is 5.75 Å². The molecule has 7 heteroatoms. The number of nitrogens with zero attached hydrogens (tertiary/aromatic N) is 1. The molecule has 0 radical (unpaired) electrons. The second-order valence-corrected chi connectivity index (χ2v) is 6.01. The molecular formula is C16H20N2O5. The summed E-state index contributed by atoms with van der Waals surface area (Å²) in [5.41, 5.74) is 1.26. The molecule has 0 saturated heterocycles. The average molecular weight is 320 g/mol. The Morgan fingerprint density at radius 1 is 1.30 bits per heavy atom. The number of carbonyl (C=O) groups is 1. The van der Waals surface area contributed by atoms with Crippen LogP contribution in [0.2, 0.25) is 0 Å². The van der Waals surface area contributed by atoms with Crippen molar-refractivity contribution in [3.05, 3.63) is 33.4 Å². The molecule has 1 fully saturated rings. The molecule has 23 heavy (non-hydrogen) atoms. The average Bonchev–Trinajstić information content (AvgIpc) is 2.59. The fraction of sp³-hybridized carbons (Fsp3) is 0.562. The Kier molecular flexibility index (Phi) is 4.76. The maximum atomic E-state index is 12.2. The van der Waals surface area contributed by atoms with Crippen LogP contribution in [0.25, 0.3) is 0 Å². The van der Waals surface area contributed by atoms with Crippen LogP contribution < -0.4 is 10.1 Å². The Hall–Kier alpha value is -2.15. The minimum atomic E-state index is -0.443. The summed E-state index contributed by atoms with van der Waals surface area (Å²) in [6.45, 7) is 0.633. The smallest absolute Gasteiger partial charge is 0.270 e. The Morgan fingerprint density at radius 3 is 2.83 bits per heavy atom. The zero-order valence-corrected chi connectivity index (χ0v) is 12.9. The van der Waals surface area contributed by atoms with E-state index in [4.69, 9.17) is 9.47 Å². The maximum absolute atomic E-state index is 12.2. The molecule has 3 rings (SSSR count). The molecule has 1 heterocycles. The lowest BCUT2D eigenvalue weighted by Crippen LogP contribution is -2.31. The fourth-order valence-electron chi connectivity index (χ4n) is 3.21. The molecule has 0 aromatic heterocycles. The highest BCUT2D eigenvalue weighted by Crippen LogP contribution is 2.32. The van der Waals surface area contributed by atoms with E-state index in [0.29, 0.717) is 16.9 Å². The van der Waals surface area contributed by atoms with E-state index in [0.717, 1.165) is 25.7 Å². The predicted molar refractivity (Wildman–Crippen MR) is 81.8 cm³/mol. The van der Waals surface area contributed by atoms with Gasteiger partial charge < -0.3 is 14.8 Å². The highest BCUT2D eigenvalue weighted by atomic mass is 16.7. The summed E-state index contributed by atoms with van der Waals surface area (Å²) in [6, 6.07) is 2.92. The van der Waals surface area contributed by atoms with E-state index < -0.39 is 4.92 Å². The van der Waals surface area contributed by atoms with Crippen LogP contribution in [0, 0.1) is 16.0 Å². The van der Waals surface area contributed by atoms with Crippen molar-refractivity contribution in [3.63, 3.8) is 0 Å². The van der Waals surface area contributed by atoms with Crippen molar-refractivity contribution in [2.24, 2.45) is 5.92 Å². The molecule has 0 unspecified atom stereocenters. The Balaban J connectivity index is 1.74. The van der Waals surface area contributed by atoms with Gasteiger partial charge in [-0.3, -0.25) is 14.9 Å². The summed E-state index contributed by atoms with van der Waals surface area (Å²) < 4.78 is 10.6. The first kappa shape index (κ1) is 15.7. The molecule has 2 aliphatic rings. The van der Waals surface area contributed by atoms with Crippen molar-refractivity contribution in [3.8, 4) is 5.75 Å². The lowest BCUT2D eigenvalue weighted by Gasteiger charge is -2.23. The van der Waals surface area contributed by atoms with Gasteiger partial charge in [0.1, 0.15) is 5.75 Å². The van der Waals surface area contributed by atoms with Gasteiger partial charge in [-0.05, 0) is 12.8 Å². The normalized spacial score (nSPS) is 17.9. The fourth-order valence-corrected chi connectivity index (χ4v) is 3.21. The molecule has 0 spiro atoms. The van der Waals surface area contributed by atoms with Gasteiger partial charge in [0.2, 0.25) is 5.91 Å². The second-order valence-electron chi connectivity index (χ2n) is 6.01. The SMILES string of the molecule is O=C(NCc1cc([N+](=O)[O-])cc2c1OCOC2)C1CCCCC1. The van der Waals surface area contributed by atoms with Gasteiger partial charge in [-0.15, -0.1) is 0 Å². The molecule has 1 aliphatic carbocycles. The summed E-state index contributed by atoms with van der Waals surface area (Å²) >= 11 is 0. The lowest BCUT2D eigenvalue weighted by molar-refractivity contribution is -0.385. The third kappa shape index (κ3) is 3.61. The molecule has 1 aliphatic heterocycles. The van der Waals surface area contributed by atoms with Crippen molar-refractivity contribution in [2.45, 2.75) is 45.3 Å². The van der Waals surface area contributed by atoms with Gasteiger partial charge in [0.05, 0.1) is 11.5 Å². The predicted octanol–water partition coefficient (Wildman–Crippen LogP) is 2.66. The number of rotatable bonds is 4. The van der Waals surface area contributed by atoms with E-state index in [-0.39, 0.29) is 37.5 Å². The molecule has 7 nitrogen and oxygen atoms in total. The second kappa shape index (κ2) is 6.95. The molecule has 1 aromatic rings. The molecule has 1 amide bonds. The minimum Gasteiger partial charge on any atom is -0.467 e. The standard InChI is InChI=1S/C16H20N2O5/c19-16(11-4-2-1-3-5-11)17-8-12-6-14(18(20)21)7-13-9-22-10-23-15(12)13/h6-7,11H,1-5,8-10H2,(H,17,19). The quantitative estimate of drug-likeness (QED) is 0.680. The van der Waals surface area contributed by atoms with Crippen LogP contribution >= 0.6 is 0 Å². The zero-order chi connectivity index (χ0) is 16.2. The van der Waals surface area contributed by atoms with Gasteiger partial charge in [-0.1, -0.05) is 19.3 Å². The monoisotopic (exact) mass is 320 g/mol. The first-order chi connectivity index (χ1) is 11.1. The number of amides is 1. The van der Waals surface area contributed by atoms with Crippen LogP contribution in [0.4, 0.5) is 5.69 Å². The molecule has 1 saturated carbocycles. The van der Waals surface area contributed by atoms with E-state index in [1.165, 1.54) is 18.6 Å². The van der Waals surface area contributed by atoms with Gasteiger partial charge >= 0.3 is 0 Å². The van der Waals surface area contributed by atoms with E-state index >= 15 is 0 Å². The highest BCUT2D eigenvalue weighted by Gasteiger charge is 2.24. The first-order valence-electron chi connectivity index (χ1n) is 7.93. The Bertz CT molecular complexity index is 611. The topological polar surface area (TPSA) is 90.7 Å². The number of nitro benzene ring substituents is 1. The van der Waals surface area contributed by atoms with Gasteiger partial charge in [-0.2, -0.15) is 0 Å². The van der Waals surface area contributed by atoms with Gasteiger partial charge in [0.15, 0.2) is 6.79 Å². The number of nitro groups is 1. The van der Waals surface area contributed by atoms with Crippen molar-refractivity contribution < 1.29 is 19.2 Å². The van der Waals surface area contributed by atoms with Gasteiger partial charge in [-0.25, -0.2) is 0 Å². The first-order valence-corrected chi connectivity index (χ1v) is 7.93. The zero-order valence-electron chi connectivity index (χ0n) is 12.9. The van der Waals surface area contributed by atoms with Crippen molar-refractivity contribution in [1.82, 2.24) is 5.32 Å². The van der Waals surface area contributed by atoms with Crippen LogP contribution in [0.15, 0.2) is 12.1 Å². The summed E-state index contributed by atoms with van der Waals surface area (Å²) in [5.74, 6) is 0.672. The summed E-state index contributed by atoms with van der Waals surface area (Å²) in [4.78, 5) is 22.9. The number of hydrogen-bond donors (Lipinski definition) is 1. The van der Waals surface area contributed by atoms with Crippen LogP contribution in [0.1, 0.15) is 43.2 Å². The van der Waals surface area contributed by atoms with E-state index in [1.807, 2.05) is 0 Å². The molecule has 0 atom stereocenters. The highest BCUT2D eigenvalue weighted by molar-refractivity contribution is 5.78. The molecule has 124 valence electrons. The number of hydrogen-bond acceptors (Lipinski definition) is 5.